The van der Waals surface area contributed by atoms with E-state index in [4.69, 9.17) is 16.3 Å². The summed E-state index contributed by atoms with van der Waals surface area (Å²) in [6.07, 6.45) is 1.74. The number of rotatable bonds is 6. The van der Waals surface area contributed by atoms with E-state index in [9.17, 15) is 0 Å². The number of nitrogens with zero attached hydrogens (tertiary/aromatic N) is 1. The fraction of sp³-hybridized carbons (Fsp3) is 0.0952. The van der Waals surface area contributed by atoms with Crippen LogP contribution in [-0.4, -0.2) is 6.21 Å². The zero-order chi connectivity index (χ0) is 17.5. The van der Waals surface area contributed by atoms with E-state index in [1.54, 1.807) is 6.21 Å². The number of ether oxygens (including phenoxy) is 1. The lowest BCUT2D eigenvalue weighted by molar-refractivity contribution is 0.305. The number of halogens is 1. The molecular formula is C21H19ClN2O. The van der Waals surface area contributed by atoms with E-state index >= 15 is 0 Å². The van der Waals surface area contributed by atoms with Crippen molar-refractivity contribution in [3.63, 3.8) is 0 Å². The number of aryl methyl sites for hydroxylation is 1. The molecule has 4 heteroatoms. The van der Waals surface area contributed by atoms with Gasteiger partial charge in [0.25, 0.3) is 0 Å². The maximum absolute atomic E-state index is 5.99. The molecule has 0 amide bonds. The molecular weight excluding hydrogens is 332 g/mol. The fourth-order valence-corrected chi connectivity index (χ4v) is 2.57. The molecule has 3 rings (SSSR count). The Balaban J connectivity index is 1.68. The molecule has 3 aromatic carbocycles. The highest BCUT2D eigenvalue weighted by molar-refractivity contribution is 6.30. The van der Waals surface area contributed by atoms with Crippen LogP contribution in [0, 0.1) is 6.92 Å². The van der Waals surface area contributed by atoms with Crippen LogP contribution in [0.1, 0.15) is 16.7 Å². The normalized spacial score (nSPS) is 10.8. The molecule has 0 aliphatic rings. The fourth-order valence-electron chi connectivity index (χ4n) is 2.38. The van der Waals surface area contributed by atoms with E-state index in [-0.39, 0.29) is 0 Å². The van der Waals surface area contributed by atoms with Gasteiger partial charge in [0.2, 0.25) is 0 Å². The van der Waals surface area contributed by atoms with E-state index in [2.05, 4.69) is 29.6 Å². The summed E-state index contributed by atoms with van der Waals surface area (Å²) in [5.74, 6) is 0.794. The van der Waals surface area contributed by atoms with Crippen molar-refractivity contribution in [1.29, 1.82) is 0 Å². The second kappa shape index (κ2) is 8.36. The van der Waals surface area contributed by atoms with E-state index in [1.165, 1.54) is 11.1 Å². The predicted octanol–water partition coefficient (Wildman–Crippen LogP) is 5.67. The van der Waals surface area contributed by atoms with Crippen LogP contribution in [0.5, 0.6) is 5.75 Å². The topological polar surface area (TPSA) is 33.6 Å². The minimum atomic E-state index is 0.527. The van der Waals surface area contributed by atoms with Crippen molar-refractivity contribution in [1.82, 2.24) is 0 Å². The summed E-state index contributed by atoms with van der Waals surface area (Å²) in [4.78, 5) is 0. The minimum absolute atomic E-state index is 0.527. The number of para-hydroxylation sites is 1. The van der Waals surface area contributed by atoms with Gasteiger partial charge >= 0.3 is 0 Å². The van der Waals surface area contributed by atoms with Crippen LogP contribution in [0.25, 0.3) is 0 Å². The highest BCUT2D eigenvalue weighted by atomic mass is 35.5. The Kier molecular flexibility index (Phi) is 5.70. The third-order valence-corrected chi connectivity index (χ3v) is 4.02. The largest absolute Gasteiger partial charge is 0.488 e. The van der Waals surface area contributed by atoms with Crippen LogP contribution in [0.4, 0.5) is 5.69 Å². The zero-order valence-corrected chi connectivity index (χ0v) is 14.7. The third kappa shape index (κ3) is 4.85. The monoisotopic (exact) mass is 350 g/mol. The molecule has 0 fully saturated rings. The Hall–Kier alpha value is -2.78. The average molecular weight is 351 g/mol. The number of hydrogen-bond donors (Lipinski definition) is 1. The number of hydrogen-bond acceptors (Lipinski definition) is 3. The lowest BCUT2D eigenvalue weighted by Gasteiger charge is -2.10. The molecule has 0 saturated heterocycles. The maximum atomic E-state index is 5.99. The van der Waals surface area contributed by atoms with Crippen LogP contribution >= 0.6 is 11.6 Å². The zero-order valence-electron chi connectivity index (χ0n) is 13.9. The average Bonchev–Trinajstić information content (AvgIpc) is 2.62. The molecule has 0 atom stereocenters. The van der Waals surface area contributed by atoms with Crippen molar-refractivity contribution < 1.29 is 4.74 Å². The van der Waals surface area contributed by atoms with E-state index < -0.39 is 0 Å². The van der Waals surface area contributed by atoms with Gasteiger partial charge in [0, 0.05) is 10.6 Å². The molecule has 0 aliphatic heterocycles. The number of benzene rings is 3. The van der Waals surface area contributed by atoms with Crippen molar-refractivity contribution in [2.75, 3.05) is 5.43 Å². The van der Waals surface area contributed by atoms with Gasteiger partial charge in [0.15, 0.2) is 0 Å². The van der Waals surface area contributed by atoms with Gasteiger partial charge in [-0.1, -0.05) is 54.1 Å². The van der Waals surface area contributed by atoms with Crippen LogP contribution < -0.4 is 10.2 Å². The molecule has 3 nitrogen and oxygen atoms in total. The van der Waals surface area contributed by atoms with Gasteiger partial charge in [-0.15, -0.1) is 0 Å². The van der Waals surface area contributed by atoms with Crippen molar-refractivity contribution >= 4 is 23.5 Å². The first-order valence-corrected chi connectivity index (χ1v) is 8.41. The lowest BCUT2D eigenvalue weighted by atomic mass is 10.1. The summed E-state index contributed by atoms with van der Waals surface area (Å²) < 4.78 is 5.99. The van der Waals surface area contributed by atoms with Crippen molar-refractivity contribution in [2.45, 2.75) is 13.5 Å². The van der Waals surface area contributed by atoms with Crippen LogP contribution in [0.2, 0.25) is 5.02 Å². The highest BCUT2D eigenvalue weighted by Gasteiger charge is 2.03. The number of anilines is 1. The summed E-state index contributed by atoms with van der Waals surface area (Å²) in [5.41, 5.74) is 7.11. The van der Waals surface area contributed by atoms with Crippen molar-refractivity contribution in [3.8, 4) is 5.75 Å². The van der Waals surface area contributed by atoms with Crippen LogP contribution in [-0.2, 0) is 6.61 Å². The second-order valence-electron chi connectivity index (χ2n) is 5.63. The molecule has 0 aromatic heterocycles. The molecule has 0 saturated carbocycles. The molecule has 0 spiro atoms. The molecule has 0 unspecified atom stereocenters. The van der Waals surface area contributed by atoms with Crippen LogP contribution in [0.3, 0.4) is 0 Å². The second-order valence-corrected chi connectivity index (χ2v) is 6.07. The Bertz CT molecular complexity index is 877. The van der Waals surface area contributed by atoms with Crippen LogP contribution in [0.15, 0.2) is 77.9 Å². The SMILES string of the molecule is Cc1ccccc1COc1ccccc1C=NNc1cccc(Cl)c1. The Morgan fingerprint density at radius 3 is 2.64 bits per heavy atom. The van der Waals surface area contributed by atoms with Gasteiger partial charge in [0.1, 0.15) is 12.4 Å². The Labute approximate surface area is 152 Å². The summed E-state index contributed by atoms with van der Waals surface area (Å²) >= 11 is 5.97. The molecule has 126 valence electrons. The summed E-state index contributed by atoms with van der Waals surface area (Å²) in [7, 11) is 0. The minimum Gasteiger partial charge on any atom is -0.488 e. The molecule has 25 heavy (non-hydrogen) atoms. The number of hydrazone groups is 1. The number of nitrogens with one attached hydrogen (secondary N) is 1. The van der Waals surface area contributed by atoms with Crippen molar-refractivity contribution in [3.05, 3.63) is 94.5 Å². The summed E-state index contributed by atoms with van der Waals surface area (Å²) in [6, 6.07) is 23.5. The van der Waals surface area contributed by atoms with E-state index in [0.29, 0.717) is 11.6 Å². The van der Waals surface area contributed by atoms with Gasteiger partial charge in [0.05, 0.1) is 11.9 Å². The first-order chi connectivity index (χ1) is 12.2. The molecule has 3 aromatic rings. The van der Waals surface area contributed by atoms with Gasteiger partial charge < -0.3 is 4.74 Å². The van der Waals surface area contributed by atoms with Gasteiger partial charge in [-0.3, -0.25) is 5.43 Å². The molecule has 0 heterocycles. The summed E-state index contributed by atoms with van der Waals surface area (Å²) in [5, 5.41) is 4.94. The smallest absolute Gasteiger partial charge is 0.128 e. The standard InChI is InChI=1S/C21H19ClN2O/c1-16-7-2-3-9-18(16)15-25-21-12-5-4-8-17(21)14-23-24-20-11-6-10-19(22)13-20/h2-14,24H,15H2,1H3. The van der Waals surface area contributed by atoms with E-state index in [1.807, 2.05) is 60.7 Å². The molecule has 0 bridgehead atoms. The Morgan fingerprint density at radius 2 is 1.80 bits per heavy atom. The first-order valence-electron chi connectivity index (χ1n) is 8.03. The maximum Gasteiger partial charge on any atom is 0.128 e. The quantitative estimate of drug-likeness (QED) is 0.458. The third-order valence-electron chi connectivity index (χ3n) is 3.79. The van der Waals surface area contributed by atoms with Gasteiger partial charge in [-0.2, -0.15) is 5.10 Å². The molecule has 1 N–H and O–H groups in total. The highest BCUT2D eigenvalue weighted by Crippen LogP contribution is 2.19. The van der Waals surface area contributed by atoms with E-state index in [0.717, 1.165) is 17.0 Å². The van der Waals surface area contributed by atoms with Crippen molar-refractivity contribution in [2.24, 2.45) is 5.10 Å². The first kappa shape index (κ1) is 17.1. The summed E-state index contributed by atoms with van der Waals surface area (Å²) in [6.45, 7) is 2.61. The predicted molar refractivity (Wildman–Crippen MR) is 105 cm³/mol. The van der Waals surface area contributed by atoms with Gasteiger partial charge in [-0.05, 0) is 48.4 Å². The van der Waals surface area contributed by atoms with Gasteiger partial charge in [-0.25, -0.2) is 0 Å². The molecule has 0 aliphatic carbocycles. The molecule has 0 radical (unpaired) electrons. The Morgan fingerprint density at radius 1 is 1.00 bits per heavy atom. The lowest BCUT2D eigenvalue weighted by Crippen LogP contribution is -2.00.